The van der Waals surface area contributed by atoms with Crippen molar-refractivity contribution in [1.82, 2.24) is 4.90 Å². The van der Waals surface area contributed by atoms with Gasteiger partial charge in [-0.2, -0.15) is 0 Å². The van der Waals surface area contributed by atoms with Gasteiger partial charge in [0.15, 0.2) is 0 Å². The molecule has 1 heterocycles. The summed E-state index contributed by atoms with van der Waals surface area (Å²) in [5.41, 5.74) is 0.454. The first kappa shape index (κ1) is 12.2. The highest BCUT2D eigenvalue weighted by Crippen LogP contribution is 2.19. The van der Waals surface area contributed by atoms with E-state index in [-0.39, 0.29) is 0 Å². The molecule has 1 atom stereocenters. The molecule has 1 N–H and O–H groups in total. The fourth-order valence-corrected chi connectivity index (χ4v) is 2.10. The van der Waals surface area contributed by atoms with E-state index in [1.54, 1.807) is 6.92 Å². The van der Waals surface area contributed by atoms with Crippen LogP contribution in [-0.2, 0) is 4.79 Å². The Morgan fingerprint density at radius 1 is 1.53 bits per heavy atom. The first-order valence-corrected chi connectivity index (χ1v) is 5.79. The van der Waals surface area contributed by atoms with Gasteiger partial charge in [0.1, 0.15) is 0 Å². The minimum Gasteiger partial charge on any atom is -0.478 e. The molecule has 1 aliphatic rings. The van der Waals surface area contributed by atoms with Crippen molar-refractivity contribution >= 4 is 5.97 Å². The quantitative estimate of drug-likeness (QED) is 0.725. The lowest BCUT2D eigenvalue weighted by atomic mass is 10.00. The minimum atomic E-state index is -0.806. The molecule has 0 saturated carbocycles. The Bertz CT molecular complexity index is 248. The Hall–Kier alpha value is -0.830. The van der Waals surface area contributed by atoms with Crippen molar-refractivity contribution in [3.63, 3.8) is 0 Å². The molecule has 3 heteroatoms. The Labute approximate surface area is 91.8 Å². The maximum Gasteiger partial charge on any atom is 0.330 e. The summed E-state index contributed by atoms with van der Waals surface area (Å²) in [5.74, 6) is -0.806. The molecule has 15 heavy (non-hydrogen) atoms. The third-order valence-corrected chi connectivity index (χ3v) is 3.19. The predicted octanol–water partition coefficient (Wildman–Crippen LogP) is 2.28. The smallest absolute Gasteiger partial charge is 0.330 e. The molecule has 0 aliphatic carbocycles. The molecular weight excluding hydrogens is 190 g/mol. The van der Waals surface area contributed by atoms with Gasteiger partial charge in [0, 0.05) is 18.2 Å². The highest BCUT2D eigenvalue weighted by molar-refractivity contribution is 5.85. The van der Waals surface area contributed by atoms with Gasteiger partial charge < -0.3 is 5.11 Å². The number of carbonyl (C=O) groups is 1. The number of hydrogen-bond donors (Lipinski definition) is 1. The lowest BCUT2D eigenvalue weighted by Crippen LogP contribution is -2.39. The molecule has 0 aromatic heterocycles. The first-order valence-electron chi connectivity index (χ1n) is 5.79. The van der Waals surface area contributed by atoms with Crippen LogP contribution in [0.25, 0.3) is 0 Å². The molecule has 0 bridgehead atoms. The van der Waals surface area contributed by atoms with E-state index in [0.29, 0.717) is 11.6 Å². The molecule has 1 rings (SSSR count). The van der Waals surface area contributed by atoms with Crippen LogP contribution < -0.4 is 0 Å². The summed E-state index contributed by atoms with van der Waals surface area (Å²) in [6.07, 6.45) is 6.82. The zero-order valence-corrected chi connectivity index (χ0v) is 9.70. The van der Waals surface area contributed by atoms with Crippen LogP contribution in [-0.4, -0.2) is 35.1 Å². The molecule has 0 radical (unpaired) electrons. The van der Waals surface area contributed by atoms with Crippen molar-refractivity contribution in [3.8, 4) is 0 Å². The number of nitrogens with zero attached hydrogens (tertiary/aromatic N) is 1. The van der Waals surface area contributed by atoms with E-state index in [1.165, 1.54) is 25.7 Å². The second-order valence-electron chi connectivity index (χ2n) is 4.25. The second-order valence-corrected chi connectivity index (χ2v) is 4.25. The van der Waals surface area contributed by atoms with Crippen LogP contribution in [0.5, 0.6) is 0 Å². The number of rotatable bonds is 4. The fourth-order valence-electron chi connectivity index (χ4n) is 2.10. The lowest BCUT2D eigenvalue weighted by molar-refractivity contribution is -0.132. The largest absolute Gasteiger partial charge is 0.478 e. The summed E-state index contributed by atoms with van der Waals surface area (Å²) in [7, 11) is 0. The molecule has 0 aromatic rings. The number of likely N-dealkylation sites (tertiary alicyclic amines) is 1. The van der Waals surface area contributed by atoms with Crippen LogP contribution in [0.4, 0.5) is 0 Å². The van der Waals surface area contributed by atoms with Gasteiger partial charge in [0.2, 0.25) is 0 Å². The van der Waals surface area contributed by atoms with E-state index in [2.05, 4.69) is 11.8 Å². The first-order chi connectivity index (χ1) is 7.15. The summed E-state index contributed by atoms with van der Waals surface area (Å²) in [5, 5.41) is 8.75. The molecule has 0 amide bonds. The average molecular weight is 211 g/mol. The highest BCUT2D eigenvalue weighted by atomic mass is 16.4. The molecular formula is C12H21NO2. The normalized spacial score (nSPS) is 24.1. The zero-order valence-electron chi connectivity index (χ0n) is 9.70. The van der Waals surface area contributed by atoms with Gasteiger partial charge >= 0.3 is 5.97 Å². The summed E-state index contributed by atoms with van der Waals surface area (Å²) >= 11 is 0. The van der Waals surface area contributed by atoms with Crippen molar-refractivity contribution in [2.75, 3.05) is 13.1 Å². The van der Waals surface area contributed by atoms with Crippen LogP contribution in [0.1, 0.15) is 39.5 Å². The molecule has 1 fully saturated rings. The summed E-state index contributed by atoms with van der Waals surface area (Å²) < 4.78 is 0. The van der Waals surface area contributed by atoms with Gasteiger partial charge in [-0.1, -0.05) is 19.4 Å². The standard InChI is InChI=1S/C12H21NO2/c1-3-11-6-4-5-8-13(11)9-7-10(2)12(14)15/h7,11H,3-6,8-9H2,1-2H3,(H,14,15). The Morgan fingerprint density at radius 3 is 2.87 bits per heavy atom. The second kappa shape index (κ2) is 5.91. The van der Waals surface area contributed by atoms with Gasteiger partial charge in [-0.15, -0.1) is 0 Å². The van der Waals surface area contributed by atoms with E-state index >= 15 is 0 Å². The molecule has 1 aliphatic heterocycles. The molecule has 3 nitrogen and oxygen atoms in total. The van der Waals surface area contributed by atoms with Crippen LogP contribution in [0.15, 0.2) is 11.6 Å². The van der Waals surface area contributed by atoms with E-state index in [0.717, 1.165) is 13.1 Å². The molecule has 0 aromatic carbocycles. The summed E-state index contributed by atoms with van der Waals surface area (Å²) in [6, 6.07) is 0.650. The van der Waals surface area contributed by atoms with Crippen molar-refractivity contribution in [2.24, 2.45) is 0 Å². The zero-order chi connectivity index (χ0) is 11.3. The Balaban J connectivity index is 2.48. The molecule has 86 valence electrons. The van der Waals surface area contributed by atoms with E-state index < -0.39 is 5.97 Å². The SMILES string of the molecule is CCC1CCCCN1CC=C(C)C(=O)O. The Morgan fingerprint density at radius 2 is 2.27 bits per heavy atom. The monoisotopic (exact) mass is 211 g/mol. The van der Waals surface area contributed by atoms with Crippen LogP contribution >= 0.6 is 0 Å². The average Bonchev–Trinajstić information content (AvgIpc) is 2.26. The van der Waals surface area contributed by atoms with E-state index in [9.17, 15) is 4.79 Å². The number of carboxylic acid groups (broad SMARTS) is 1. The number of piperidine rings is 1. The van der Waals surface area contributed by atoms with Gasteiger partial charge in [0.05, 0.1) is 0 Å². The number of carboxylic acids is 1. The van der Waals surface area contributed by atoms with Crippen molar-refractivity contribution in [2.45, 2.75) is 45.6 Å². The lowest BCUT2D eigenvalue weighted by Gasteiger charge is -2.34. The molecule has 1 unspecified atom stereocenters. The third-order valence-electron chi connectivity index (χ3n) is 3.19. The Kier molecular flexibility index (Phi) is 4.82. The van der Waals surface area contributed by atoms with Crippen molar-refractivity contribution in [3.05, 3.63) is 11.6 Å². The summed E-state index contributed by atoms with van der Waals surface area (Å²) in [6.45, 7) is 5.77. The van der Waals surface area contributed by atoms with E-state index in [1.807, 2.05) is 6.08 Å². The van der Waals surface area contributed by atoms with E-state index in [4.69, 9.17) is 5.11 Å². The topological polar surface area (TPSA) is 40.5 Å². The van der Waals surface area contributed by atoms with Gasteiger partial charge in [0.25, 0.3) is 0 Å². The van der Waals surface area contributed by atoms with Gasteiger partial charge in [-0.25, -0.2) is 4.79 Å². The summed E-state index contributed by atoms with van der Waals surface area (Å²) in [4.78, 5) is 13.0. The predicted molar refractivity (Wildman–Crippen MR) is 60.9 cm³/mol. The number of aliphatic carboxylic acids is 1. The fraction of sp³-hybridized carbons (Fsp3) is 0.750. The minimum absolute atomic E-state index is 0.454. The maximum atomic E-state index is 10.6. The number of hydrogen-bond acceptors (Lipinski definition) is 2. The molecule has 1 saturated heterocycles. The van der Waals surface area contributed by atoms with Crippen molar-refractivity contribution < 1.29 is 9.90 Å². The van der Waals surface area contributed by atoms with Gasteiger partial charge in [-0.05, 0) is 32.7 Å². The van der Waals surface area contributed by atoms with Crippen molar-refractivity contribution in [1.29, 1.82) is 0 Å². The van der Waals surface area contributed by atoms with Crippen LogP contribution in [0, 0.1) is 0 Å². The van der Waals surface area contributed by atoms with Crippen LogP contribution in [0.2, 0.25) is 0 Å². The third kappa shape index (κ3) is 3.67. The maximum absolute atomic E-state index is 10.6. The van der Waals surface area contributed by atoms with Gasteiger partial charge in [-0.3, -0.25) is 4.90 Å². The molecule has 0 spiro atoms. The van der Waals surface area contributed by atoms with Crippen LogP contribution in [0.3, 0.4) is 0 Å². The highest BCUT2D eigenvalue weighted by Gasteiger charge is 2.19.